The molecule has 3 rings (SSSR count). The maximum atomic E-state index is 12.4. The minimum atomic E-state index is -3.38. The summed E-state index contributed by atoms with van der Waals surface area (Å²) in [4.78, 5) is 3.45. The van der Waals surface area contributed by atoms with Crippen LogP contribution < -0.4 is 9.62 Å². The molecule has 6 heteroatoms. The van der Waals surface area contributed by atoms with E-state index in [1.54, 1.807) is 6.07 Å². The molecule has 1 fully saturated rings. The summed E-state index contributed by atoms with van der Waals surface area (Å²) in [7, 11) is -3.38. The highest BCUT2D eigenvalue weighted by Gasteiger charge is 2.25. The molecule has 24 heavy (non-hydrogen) atoms. The fourth-order valence-electron chi connectivity index (χ4n) is 3.13. The van der Waals surface area contributed by atoms with Crippen molar-refractivity contribution in [1.82, 2.24) is 4.72 Å². The van der Waals surface area contributed by atoms with Crippen molar-refractivity contribution in [1.29, 1.82) is 0 Å². The molecule has 2 aromatic rings. The van der Waals surface area contributed by atoms with E-state index >= 15 is 0 Å². The average Bonchev–Trinajstić information content (AvgIpc) is 3.23. The Balaban J connectivity index is 1.59. The van der Waals surface area contributed by atoms with Gasteiger partial charge in [-0.3, -0.25) is 0 Å². The van der Waals surface area contributed by atoms with Gasteiger partial charge in [-0.25, -0.2) is 13.1 Å². The smallest absolute Gasteiger partial charge is 0.250 e. The van der Waals surface area contributed by atoms with E-state index in [1.165, 1.54) is 22.6 Å². The molecule has 0 unspecified atom stereocenters. The minimum Gasteiger partial charge on any atom is -0.371 e. The molecule has 1 aliphatic rings. The summed E-state index contributed by atoms with van der Waals surface area (Å²) in [6.45, 7) is 6.54. The zero-order valence-electron chi connectivity index (χ0n) is 14.2. The maximum absolute atomic E-state index is 12.4. The fourth-order valence-corrected chi connectivity index (χ4v) is 5.58. The van der Waals surface area contributed by atoms with Crippen LogP contribution in [0.2, 0.25) is 0 Å². The van der Waals surface area contributed by atoms with Gasteiger partial charge >= 0.3 is 0 Å². The van der Waals surface area contributed by atoms with E-state index in [2.05, 4.69) is 34.7 Å². The van der Waals surface area contributed by atoms with Crippen LogP contribution in [-0.4, -0.2) is 28.1 Å². The molecule has 0 bridgehead atoms. The zero-order chi connectivity index (χ0) is 17.2. The molecule has 0 spiro atoms. The number of hydrogen-bond donors (Lipinski definition) is 1. The quantitative estimate of drug-likeness (QED) is 0.854. The second-order valence-electron chi connectivity index (χ2n) is 6.31. The van der Waals surface area contributed by atoms with E-state index in [9.17, 15) is 8.42 Å². The van der Waals surface area contributed by atoms with Crippen molar-refractivity contribution in [2.24, 2.45) is 5.92 Å². The van der Waals surface area contributed by atoms with Crippen molar-refractivity contribution in [2.75, 3.05) is 24.5 Å². The molecule has 130 valence electrons. The highest BCUT2D eigenvalue weighted by molar-refractivity contribution is 7.91. The van der Waals surface area contributed by atoms with Gasteiger partial charge in [-0.15, -0.1) is 11.3 Å². The SMILES string of the molecule is CCc1ccc(S(=O)(=O)NC[C@H]2CCN(c3ccccc3C)C2)s1. The van der Waals surface area contributed by atoms with E-state index in [-0.39, 0.29) is 0 Å². The Kier molecular flexibility index (Phi) is 5.27. The van der Waals surface area contributed by atoms with Crippen molar-refractivity contribution in [3.63, 3.8) is 0 Å². The predicted octanol–water partition coefficient (Wildman–Crippen LogP) is 3.42. The van der Waals surface area contributed by atoms with E-state index in [4.69, 9.17) is 0 Å². The number of benzene rings is 1. The molecule has 4 nitrogen and oxygen atoms in total. The maximum Gasteiger partial charge on any atom is 0.250 e. The van der Waals surface area contributed by atoms with Gasteiger partial charge < -0.3 is 4.90 Å². The third-order valence-electron chi connectivity index (χ3n) is 4.55. The molecule has 1 aromatic carbocycles. The van der Waals surface area contributed by atoms with Gasteiger partial charge in [0.25, 0.3) is 0 Å². The van der Waals surface area contributed by atoms with Crippen LogP contribution >= 0.6 is 11.3 Å². The van der Waals surface area contributed by atoms with Gasteiger partial charge in [-0.1, -0.05) is 25.1 Å². The van der Waals surface area contributed by atoms with Gasteiger partial charge in [-0.05, 0) is 49.4 Å². The first kappa shape index (κ1) is 17.5. The van der Waals surface area contributed by atoms with Crippen molar-refractivity contribution in [3.05, 3.63) is 46.8 Å². The molecular weight excluding hydrogens is 340 g/mol. The van der Waals surface area contributed by atoms with E-state index in [0.29, 0.717) is 16.7 Å². The molecule has 2 heterocycles. The lowest BCUT2D eigenvalue weighted by atomic mass is 10.1. The molecule has 1 N–H and O–H groups in total. The third-order valence-corrected chi connectivity index (χ3v) is 7.70. The lowest BCUT2D eigenvalue weighted by molar-refractivity contribution is 0.543. The van der Waals surface area contributed by atoms with Crippen molar-refractivity contribution in [3.8, 4) is 0 Å². The Morgan fingerprint density at radius 3 is 2.75 bits per heavy atom. The van der Waals surface area contributed by atoms with Crippen LogP contribution in [0.4, 0.5) is 5.69 Å². The zero-order valence-corrected chi connectivity index (χ0v) is 15.8. The lowest BCUT2D eigenvalue weighted by Gasteiger charge is -2.21. The highest BCUT2D eigenvalue weighted by atomic mass is 32.2. The number of para-hydroxylation sites is 1. The number of nitrogens with one attached hydrogen (secondary N) is 1. The molecule has 0 aliphatic carbocycles. The molecule has 0 saturated carbocycles. The Bertz CT molecular complexity index is 799. The van der Waals surface area contributed by atoms with E-state index in [1.807, 2.05) is 19.1 Å². The van der Waals surface area contributed by atoms with Crippen molar-refractivity contribution >= 4 is 27.0 Å². The van der Waals surface area contributed by atoms with E-state index in [0.717, 1.165) is 30.8 Å². The Labute approximate surface area is 148 Å². The van der Waals surface area contributed by atoms with Crippen LogP contribution in [-0.2, 0) is 16.4 Å². The second-order valence-corrected chi connectivity index (χ2v) is 9.48. The first-order valence-corrected chi connectivity index (χ1v) is 10.7. The summed E-state index contributed by atoms with van der Waals surface area (Å²) < 4.78 is 28.0. The summed E-state index contributed by atoms with van der Waals surface area (Å²) in [5.74, 6) is 0.352. The molecular formula is C18H24N2O2S2. The van der Waals surface area contributed by atoms with Crippen LogP contribution in [0.3, 0.4) is 0 Å². The third kappa shape index (κ3) is 3.82. The van der Waals surface area contributed by atoms with Gasteiger partial charge in [0.15, 0.2) is 0 Å². The van der Waals surface area contributed by atoms with Crippen LogP contribution in [0.15, 0.2) is 40.6 Å². The van der Waals surface area contributed by atoms with Crippen molar-refractivity contribution in [2.45, 2.75) is 30.9 Å². The molecule has 0 radical (unpaired) electrons. The summed E-state index contributed by atoms with van der Waals surface area (Å²) >= 11 is 1.36. The van der Waals surface area contributed by atoms with Crippen LogP contribution in [0.1, 0.15) is 23.8 Å². The summed E-state index contributed by atoms with van der Waals surface area (Å²) in [6, 6.07) is 12.0. The minimum absolute atomic E-state index is 0.352. The van der Waals surface area contributed by atoms with Crippen molar-refractivity contribution < 1.29 is 8.42 Å². The Morgan fingerprint density at radius 1 is 1.25 bits per heavy atom. The van der Waals surface area contributed by atoms with Gasteiger partial charge in [0.2, 0.25) is 10.0 Å². The normalized spacial score (nSPS) is 18.2. The van der Waals surface area contributed by atoms with Gasteiger partial charge in [0.1, 0.15) is 4.21 Å². The Morgan fingerprint density at radius 2 is 2.04 bits per heavy atom. The van der Waals surface area contributed by atoms with Crippen LogP contribution in [0.5, 0.6) is 0 Å². The monoisotopic (exact) mass is 364 g/mol. The number of hydrogen-bond acceptors (Lipinski definition) is 4. The molecule has 1 atom stereocenters. The molecule has 1 aliphatic heterocycles. The predicted molar refractivity (Wildman–Crippen MR) is 100 cm³/mol. The first-order chi connectivity index (χ1) is 11.5. The topological polar surface area (TPSA) is 49.4 Å². The number of nitrogens with zero attached hydrogens (tertiary/aromatic N) is 1. The summed E-state index contributed by atoms with van der Waals surface area (Å²) in [5, 5.41) is 0. The van der Waals surface area contributed by atoms with Crippen LogP contribution in [0, 0.1) is 12.8 Å². The average molecular weight is 365 g/mol. The highest BCUT2D eigenvalue weighted by Crippen LogP contribution is 2.27. The number of thiophene rings is 1. The molecule has 1 saturated heterocycles. The van der Waals surface area contributed by atoms with Gasteiger partial charge in [-0.2, -0.15) is 0 Å². The lowest BCUT2D eigenvalue weighted by Crippen LogP contribution is -2.30. The molecule has 0 amide bonds. The number of rotatable bonds is 6. The standard InChI is InChI=1S/C18H24N2O2S2/c1-3-16-8-9-18(23-16)24(21,22)19-12-15-10-11-20(13-15)17-7-5-4-6-14(17)2/h4-9,15,19H,3,10-13H2,1-2H3/t15-/m1/s1. The first-order valence-electron chi connectivity index (χ1n) is 8.38. The van der Waals surface area contributed by atoms with Gasteiger partial charge in [0, 0.05) is 30.2 Å². The summed E-state index contributed by atoms with van der Waals surface area (Å²) in [5.41, 5.74) is 2.53. The largest absolute Gasteiger partial charge is 0.371 e. The van der Waals surface area contributed by atoms with Gasteiger partial charge in [0.05, 0.1) is 0 Å². The summed E-state index contributed by atoms with van der Waals surface area (Å²) in [6.07, 6.45) is 1.88. The molecule has 1 aromatic heterocycles. The number of anilines is 1. The van der Waals surface area contributed by atoms with Crippen LogP contribution in [0.25, 0.3) is 0 Å². The second kappa shape index (κ2) is 7.25. The number of sulfonamides is 1. The van der Waals surface area contributed by atoms with E-state index < -0.39 is 10.0 Å². The fraction of sp³-hybridized carbons (Fsp3) is 0.444. The Hall–Kier alpha value is -1.37. The number of aryl methyl sites for hydroxylation is 2.